The number of benzene rings is 1. The van der Waals surface area contributed by atoms with Gasteiger partial charge in [0.15, 0.2) is 0 Å². The van der Waals surface area contributed by atoms with Crippen LogP contribution in [0.3, 0.4) is 0 Å². The molecule has 1 aromatic rings. The van der Waals surface area contributed by atoms with Gasteiger partial charge in [0.1, 0.15) is 0 Å². The molecule has 0 fully saturated rings. The van der Waals surface area contributed by atoms with Gasteiger partial charge in [-0.1, -0.05) is 12.1 Å². The summed E-state index contributed by atoms with van der Waals surface area (Å²) in [4.78, 5) is 13.2. The van der Waals surface area contributed by atoms with Gasteiger partial charge in [0, 0.05) is 19.2 Å². The maximum atomic E-state index is 10.9. The molecular weight excluding hydrogens is 226 g/mol. The van der Waals surface area contributed by atoms with E-state index in [-0.39, 0.29) is 5.91 Å². The van der Waals surface area contributed by atoms with Crippen LogP contribution in [-0.4, -0.2) is 38.0 Å². The molecule has 100 valence electrons. The smallest absolute Gasteiger partial charge is 0.221 e. The lowest BCUT2D eigenvalue weighted by atomic mass is 10.2. The molecule has 0 saturated carbocycles. The summed E-state index contributed by atoms with van der Waals surface area (Å²) in [5.74, 6) is -0.0352. The van der Waals surface area contributed by atoms with E-state index in [0.717, 1.165) is 31.7 Å². The van der Waals surface area contributed by atoms with Crippen molar-refractivity contribution in [3.05, 3.63) is 29.8 Å². The van der Waals surface area contributed by atoms with Crippen molar-refractivity contribution in [3.8, 4) is 0 Å². The Balaban J connectivity index is 2.40. The van der Waals surface area contributed by atoms with E-state index >= 15 is 0 Å². The summed E-state index contributed by atoms with van der Waals surface area (Å²) in [7, 11) is 4.10. The van der Waals surface area contributed by atoms with E-state index in [4.69, 9.17) is 0 Å². The quantitative estimate of drug-likeness (QED) is 0.723. The molecule has 0 aliphatic rings. The number of carbonyl (C=O) groups is 1. The van der Waals surface area contributed by atoms with Gasteiger partial charge in [0.05, 0.1) is 0 Å². The van der Waals surface area contributed by atoms with Crippen molar-refractivity contribution in [2.45, 2.75) is 19.9 Å². The molecule has 4 heteroatoms. The first kappa shape index (κ1) is 14.7. The zero-order valence-electron chi connectivity index (χ0n) is 11.5. The van der Waals surface area contributed by atoms with Crippen molar-refractivity contribution in [1.82, 2.24) is 10.2 Å². The molecule has 0 aliphatic carbocycles. The highest BCUT2D eigenvalue weighted by atomic mass is 16.1. The summed E-state index contributed by atoms with van der Waals surface area (Å²) in [5.41, 5.74) is 2.11. The van der Waals surface area contributed by atoms with Crippen LogP contribution in [-0.2, 0) is 11.3 Å². The Bertz CT molecular complexity index is 362. The molecule has 1 aromatic carbocycles. The van der Waals surface area contributed by atoms with Gasteiger partial charge < -0.3 is 15.5 Å². The number of anilines is 1. The number of nitrogens with one attached hydrogen (secondary N) is 2. The third kappa shape index (κ3) is 5.80. The van der Waals surface area contributed by atoms with Gasteiger partial charge >= 0.3 is 0 Å². The first-order valence-electron chi connectivity index (χ1n) is 6.31. The molecule has 18 heavy (non-hydrogen) atoms. The van der Waals surface area contributed by atoms with Gasteiger partial charge in [0.2, 0.25) is 5.91 Å². The zero-order valence-corrected chi connectivity index (χ0v) is 11.5. The molecule has 0 unspecified atom stereocenters. The van der Waals surface area contributed by atoms with Crippen LogP contribution in [0.5, 0.6) is 0 Å². The fourth-order valence-electron chi connectivity index (χ4n) is 1.81. The van der Waals surface area contributed by atoms with Gasteiger partial charge in [-0.3, -0.25) is 4.79 Å². The molecule has 0 atom stereocenters. The number of hydrogen-bond donors (Lipinski definition) is 2. The average molecular weight is 249 g/mol. The number of rotatable bonds is 7. The number of carbonyl (C=O) groups excluding carboxylic acids is 1. The highest BCUT2D eigenvalue weighted by molar-refractivity contribution is 5.88. The van der Waals surface area contributed by atoms with Gasteiger partial charge in [0.25, 0.3) is 0 Å². The lowest BCUT2D eigenvalue weighted by Crippen LogP contribution is -2.22. The van der Waals surface area contributed by atoms with Crippen LogP contribution in [0.15, 0.2) is 24.3 Å². The maximum absolute atomic E-state index is 10.9. The van der Waals surface area contributed by atoms with Crippen LogP contribution < -0.4 is 10.6 Å². The van der Waals surface area contributed by atoms with Gasteiger partial charge in [-0.25, -0.2) is 0 Å². The van der Waals surface area contributed by atoms with Crippen LogP contribution in [0.4, 0.5) is 5.69 Å². The monoisotopic (exact) mass is 249 g/mol. The van der Waals surface area contributed by atoms with Crippen molar-refractivity contribution >= 4 is 11.6 Å². The second-order valence-corrected chi connectivity index (χ2v) is 4.57. The lowest BCUT2D eigenvalue weighted by Gasteiger charge is -2.16. The van der Waals surface area contributed by atoms with E-state index in [1.807, 2.05) is 19.2 Å². The Morgan fingerprint density at radius 3 is 2.50 bits per heavy atom. The summed E-state index contributed by atoms with van der Waals surface area (Å²) in [5, 5.41) is 5.91. The Kier molecular flexibility index (Phi) is 6.39. The topological polar surface area (TPSA) is 44.4 Å². The molecule has 0 saturated heterocycles. The lowest BCUT2D eigenvalue weighted by molar-refractivity contribution is -0.114. The average Bonchev–Trinajstić information content (AvgIpc) is 2.31. The van der Waals surface area contributed by atoms with E-state index in [2.05, 4.69) is 34.7 Å². The molecule has 0 radical (unpaired) electrons. The highest BCUT2D eigenvalue weighted by Gasteiger charge is 2.01. The zero-order chi connectivity index (χ0) is 13.4. The van der Waals surface area contributed by atoms with Crippen LogP contribution in [0, 0.1) is 0 Å². The van der Waals surface area contributed by atoms with Gasteiger partial charge in [-0.15, -0.1) is 0 Å². The van der Waals surface area contributed by atoms with Crippen LogP contribution >= 0.6 is 0 Å². The third-order valence-corrected chi connectivity index (χ3v) is 2.69. The van der Waals surface area contributed by atoms with Crippen molar-refractivity contribution in [2.75, 3.05) is 32.5 Å². The molecule has 1 rings (SSSR count). The van der Waals surface area contributed by atoms with Crippen molar-refractivity contribution in [3.63, 3.8) is 0 Å². The predicted molar refractivity (Wildman–Crippen MR) is 75.6 cm³/mol. The van der Waals surface area contributed by atoms with Crippen molar-refractivity contribution in [2.24, 2.45) is 0 Å². The first-order chi connectivity index (χ1) is 8.61. The molecule has 2 N–H and O–H groups in total. The molecular formula is C14H23N3O. The Morgan fingerprint density at radius 1 is 1.28 bits per heavy atom. The van der Waals surface area contributed by atoms with E-state index in [9.17, 15) is 4.79 Å². The number of hydrogen-bond acceptors (Lipinski definition) is 3. The second kappa shape index (κ2) is 7.84. The van der Waals surface area contributed by atoms with Crippen molar-refractivity contribution < 1.29 is 4.79 Å². The first-order valence-corrected chi connectivity index (χ1v) is 6.31. The third-order valence-electron chi connectivity index (χ3n) is 2.69. The minimum absolute atomic E-state index is 0.0352. The van der Waals surface area contributed by atoms with Crippen LogP contribution in [0.1, 0.15) is 18.9 Å². The normalized spacial score (nSPS) is 10.7. The minimum atomic E-state index is -0.0352. The molecule has 0 aromatic heterocycles. The van der Waals surface area contributed by atoms with Crippen LogP contribution in [0.2, 0.25) is 0 Å². The summed E-state index contributed by atoms with van der Waals surface area (Å²) >= 11 is 0. The minimum Gasteiger partial charge on any atom is -0.326 e. The van der Waals surface area contributed by atoms with E-state index in [1.165, 1.54) is 12.5 Å². The van der Waals surface area contributed by atoms with Gasteiger partial charge in [-0.2, -0.15) is 0 Å². The Hall–Kier alpha value is -1.39. The summed E-state index contributed by atoms with van der Waals surface area (Å²) in [6.07, 6.45) is 1.15. The fraction of sp³-hybridized carbons (Fsp3) is 0.500. The summed E-state index contributed by atoms with van der Waals surface area (Å²) < 4.78 is 0. The summed E-state index contributed by atoms with van der Waals surface area (Å²) in [6.45, 7) is 4.58. The van der Waals surface area contributed by atoms with Crippen LogP contribution in [0.25, 0.3) is 0 Å². The van der Waals surface area contributed by atoms with E-state index in [0.29, 0.717) is 0 Å². The Labute approximate surface area is 109 Å². The van der Waals surface area contributed by atoms with E-state index in [1.54, 1.807) is 0 Å². The maximum Gasteiger partial charge on any atom is 0.221 e. The molecule has 0 spiro atoms. The molecule has 0 aliphatic heterocycles. The molecule has 1 amide bonds. The largest absolute Gasteiger partial charge is 0.326 e. The SMILES string of the molecule is CNCCCN(C)Cc1ccc(NC(C)=O)cc1. The molecule has 0 bridgehead atoms. The summed E-state index contributed by atoms with van der Waals surface area (Å²) in [6, 6.07) is 8.00. The number of amides is 1. The standard InChI is InChI=1S/C14H23N3O/c1-12(18)16-14-7-5-13(6-8-14)11-17(3)10-4-9-15-2/h5-8,15H,4,9-11H2,1-3H3,(H,16,18). The Morgan fingerprint density at radius 2 is 1.94 bits per heavy atom. The number of nitrogens with zero attached hydrogens (tertiary/aromatic N) is 1. The van der Waals surface area contributed by atoms with Crippen molar-refractivity contribution in [1.29, 1.82) is 0 Å². The highest BCUT2D eigenvalue weighted by Crippen LogP contribution is 2.11. The van der Waals surface area contributed by atoms with E-state index < -0.39 is 0 Å². The predicted octanol–water partition coefficient (Wildman–Crippen LogP) is 1.69. The molecule has 0 heterocycles. The second-order valence-electron chi connectivity index (χ2n) is 4.57. The van der Waals surface area contributed by atoms with Gasteiger partial charge in [-0.05, 0) is 51.3 Å². The fourth-order valence-corrected chi connectivity index (χ4v) is 1.81. The molecule has 4 nitrogen and oxygen atoms in total.